The minimum absolute atomic E-state index is 0.358. The topological polar surface area (TPSA) is 79.1 Å². The normalized spacial score (nSPS) is 10.4. The van der Waals surface area contributed by atoms with Gasteiger partial charge in [-0.25, -0.2) is 4.79 Å². The van der Waals surface area contributed by atoms with Gasteiger partial charge in [0.15, 0.2) is 0 Å². The van der Waals surface area contributed by atoms with Crippen molar-refractivity contribution in [3.8, 4) is 16.5 Å². The molecule has 0 aliphatic carbocycles. The van der Waals surface area contributed by atoms with Crippen molar-refractivity contribution in [3.05, 3.63) is 11.4 Å². The van der Waals surface area contributed by atoms with Gasteiger partial charge in [-0.3, -0.25) is 0 Å². The van der Waals surface area contributed by atoms with Crippen LogP contribution < -0.4 is 9.57 Å². The summed E-state index contributed by atoms with van der Waals surface area (Å²) in [5.41, 5.74) is 0. The Morgan fingerprint density at radius 2 is 2.37 bits per heavy atom. The number of unbranched alkanes of at least 4 members (excludes halogenated alkanes) is 1. The third kappa shape index (κ3) is 3.28. The number of hydrogen-bond acceptors (Lipinski definition) is 7. The SMILES string of the molecule is CCCCOc1ccsc1-c1nnnn1OC(C)=O. The van der Waals surface area contributed by atoms with Crippen molar-refractivity contribution in [3.63, 3.8) is 0 Å². The summed E-state index contributed by atoms with van der Waals surface area (Å²) < 4.78 is 5.66. The van der Waals surface area contributed by atoms with Crippen molar-refractivity contribution >= 4 is 17.3 Å². The lowest BCUT2D eigenvalue weighted by molar-refractivity contribution is -0.143. The molecule has 2 heterocycles. The van der Waals surface area contributed by atoms with Crippen molar-refractivity contribution in [2.75, 3.05) is 6.61 Å². The molecule has 19 heavy (non-hydrogen) atoms. The maximum atomic E-state index is 11.0. The van der Waals surface area contributed by atoms with E-state index in [1.807, 2.05) is 11.4 Å². The molecule has 0 fully saturated rings. The van der Waals surface area contributed by atoms with Crippen molar-refractivity contribution in [1.29, 1.82) is 0 Å². The number of carbonyl (C=O) groups excluding carboxylic acids is 1. The average Bonchev–Trinajstić information content (AvgIpc) is 2.97. The van der Waals surface area contributed by atoms with E-state index in [1.165, 1.54) is 18.3 Å². The number of rotatable bonds is 6. The van der Waals surface area contributed by atoms with E-state index >= 15 is 0 Å². The quantitative estimate of drug-likeness (QED) is 0.591. The molecule has 0 radical (unpaired) electrons. The van der Waals surface area contributed by atoms with Crippen molar-refractivity contribution < 1.29 is 14.4 Å². The second-order valence-electron chi connectivity index (χ2n) is 3.77. The molecule has 0 saturated heterocycles. The molecule has 0 aliphatic rings. The molecule has 0 amide bonds. The molecule has 8 heteroatoms. The second-order valence-corrected chi connectivity index (χ2v) is 4.69. The molecule has 2 aromatic rings. The summed E-state index contributed by atoms with van der Waals surface area (Å²) >= 11 is 1.43. The van der Waals surface area contributed by atoms with E-state index in [9.17, 15) is 4.79 Å². The van der Waals surface area contributed by atoms with Crippen LogP contribution in [0, 0.1) is 0 Å². The number of ether oxygens (including phenoxy) is 1. The standard InChI is InChI=1S/C11H14N4O3S/c1-3-4-6-17-9-5-7-19-10(9)11-12-13-14-15(11)18-8(2)16/h5,7H,3-4,6H2,1-2H3. The molecule has 2 aromatic heterocycles. The largest absolute Gasteiger partial charge is 0.492 e. The van der Waals surface area contributed by atoms with Gasteiger partial charge in [0, 0.05) is 6.92 Å². The summed E-state index contributed by atoms with van der Waals surface area (Å²) in [6.07, 6.45) is 2.04. The molecule has 0 aliphatic heterocycles. The van der Waals surface area contributed by atoms with Crippen LogP contribution >= 0.6 is 11.3 Å². The van der Waals surface area contributed by atoms with Crippen LogP contribution in [0.25, 0.3) is 10.7 Å². The van der Waals surface area contributed by atoms with Crippen LogP contribution in [0.4, 0.5) is 0 Å². The molecule has 7 nitrogen and oxygen atoms in total. The van der Waals surface area contributed by atoms with Crippen LogP contribution in [0.1, 0.15) is 26.7 Å². The van der Waals surface area contributed by atoms with Gasteiger partial charge in [0.1, 0.15) is 10.6 Å². The van der Waals surface area contributed by atoms with Crippen LogP contribution in [-0.2, 0) is 4.79 Å². The highest BCUT2D eigenvalue weighted by Crippen LogP contribution is 2.33. The van der Waals surface area contributed by atoms with Gasteiger partial charge in [-0.15, -0.1) is 16.4 Å². The number of nitrogens with zero attached hydrogens (tertiary/aromatic N) is 4. The van der Waals surface area contributed by atoms with Gasteiger partial charge < -0.3 is 9.57 Å². The number of carbonyl (C=O) groups is 1. The number of tetrazole rings is 1. The fraction of sp³-hybridized carbons (Fsp3) is 0.455. The second kappa shape index (κ2) is 6.28. The van der Waals surface area contributed by atoms with Gasteiger partial charge in [0.2, 0.25) is 5.82 Å². The Kier molecular flexibility index (Phi) is 4.45. The van der Waals surface area contributed by atoms with Gasteiger partial charge in [0.05, 0.1) is 6.61 Å². The Hall–Kier alpha value is -1.96. The number of aromatic nitrogens is 4. The summed E-state index contributed by atoms with van der Waals surface area (Å²) in [7, 11) is 0. The van der Waals surface area contributed by atoms with E-state index in [4.69, 9.17) is 9.57 Å². The third-order valence-corrected chi connectivity index (χ3v) is 3.14. The molecule has 0 atom stereocenters. The molecular weight excluding hydrogens is 268 g/mol. The molecule has 0 aromatic carbocycles. The summed E-state index contributed by atoms with van der Waals surface area (Å²) in [6, 6.07) is 1.85. The highest BCUT2D eigenvalue weighted by Gasteiger charge is 2.18. The lowest BCUT2D eigenvalue weighted by Crippen LogP contribution is -2.19. The minimum atomic E-state index is -0.487. The first-order valence-electron chi connectivity index (χ1n) is 5.90. The molecule has 0 bridgehead atoms. The summed E-state index contributed by atoms with van der Waals surface area (Å²) in [6.45, 7) is 4.02. The van der Waals surface area contributed by atoms with Gasteiger partial charge in [-0.1, -0.05) is 13.3 Å². The smallest absolute Gasteiger partial charge is 0.332 e. The number of hydrogen-bond donors (Lipinski definition) is 0. The molecule has 0 N–H and O–H groups in total. The Morgan fingerprint density at radius 3 is 3.11 bits per heavy atom. The molecule has 2 rings (SSSR count). The van der Waals surface area contributed by atoms with E-state index in [0.29, 0.717) is 18.2 Å². The fourth-order valence-corrected chi connectivity index (χ4v) is 2.19. The first-order chi connectivity index (χ1) is 9.22. The summed E-state index contributed by atoms with van der Waals surface area (Å²) in [4.78, 5) is 17.6. The van der Waals surface area contributed by atoms with E-state index in [2.05, 4.69) is 22.4 Å². The van der Waals surface area contributed by atoms with Crippen LogP contribution in [0.5, 0.6) is 5.75 Å². The maximum absolute atomic E-state index is 11.0. The lowest BCUT2D eigenvalue weighted by atomic mass is 10.3. The van der Waals surface area contributed by atoms with Crippen LogP contribution in [0.15, 0.2) is 11.4 Å². The first kappa shape index (κ1) is 13.5. The predicted molar refractivity (Wildman–Crippen MR) is 68.8 cm³/mol. The van der Waals surface area contributed by atoms with Crippen molar-refractivity contribution in [2.24, 2.45) is 0 Å². The van der Waals surface area contributed by atoms with Gasteiger partial charge in [0.25, 0.3) is 0 Å². The van der Waals surface area contributed by atoms with Crippen molar-refractivity contribution in [2.45, 2.75) is 26.7 Å². The van der Waals surface area contributed by atoms with E-state index < -0.39 is 5.97 Å². The Labute approximate surface area is 114 Å². The lowest BCUT2D eigenvalue weighted by Gasteiger charge is -2.06. The van der Waals surface area contributed by atoms with Crippen LogP contribution in [0.2, 0.25) is 0 Å². The van der Waals surface area contributed by atoms with Crippen LogP contribution in [0.3, 0.4) is 0 Å². The molecule has 0 unspecified atom stereocenters. The zero-order valence-electron chi connectivity index (χ0n) is 10.7. The zero-order chi connectivity index (χ0) is 13.7. The average molecular weight is 282 g/mol. The van der Waals surface area contributed by atoms with Crippen LogP contribution in [-0.4, -0.2) is 32.9 Å². The highest BCUT2D eigenvalue weighted by molar-refractivity contribution is 7.13. The van der Waals surface area contributed by atoms with E-state index in [1.54, 1.807) is 0 Å². The van der Waals surface area contributed by atoms with E-state index in [0.717, 1.165) is 22.6 Å². The predicted octanol–water partition coefficient (Wildman–Crippen LogP) is 1.56. The Morgan fingerprint density at radius 1 is 1.53 bits per heavy atom. The van der Waals surface area contributed by atoms with Gasteiger partial charge in [-0.2, -0.15) is 0 Å². The van der Waals surface area contributed by atoms with E-state index in [-0.39, 0.29) is 0 Å². The Balaban J connectivity index is 2.20. The first-order valence-corrected chi connectivity index (χ1v) is 6.78. The summed E-state index contributed by atoms with van der Waals surface area (Å²) in [5.74, 6) is 0.567. The molecule has 0 saturated carbocycles. The maximum Gasteiger partial charge on any atom is 0.332 e. The third-order valence-electron chi connectivity index (χ3n) is 2.24. The fourth-order valence-electron chi connectivity index (χ4n) is 1.40. The Bertz CT molecular complexity index is 552. The minimum Gasteiger partial charge on any atom is -0.492 e. The molecule has 102 valence electrons. The number of thiophene rings is 1. The molecular formula is C11H14N4O3S. The highest BCUT2D eigenvalue weighted by atomic mass is 32.1. The monoisotopic (exact) mass is 282 g/mol. The van der Waals surface area contributed by atoms with Gasteiger partial charge >= 0.3 is 5.97 Å². The molecule has 0 spiro atoms. The van der Waals surface area contributed by atoms with Crippen molar-refractivity contribution in [1.82, 2.24) is 20.4 Å². The zero-order valence-corrected chi connectivity index (χ0v) is 11.5. The van der Waals surface area contributed by atoms with Gasteiger partial charge in [-0.05, 0) is 33.1 Å². The summed E-state index contributed by atoms with van der Waals surface area (Å²) in [5, 5.41) is 12.9.